The van der Waals surface area contributed by atoms with Crippen LogP contribution in [0.1, 0.15) is 31.1 Å². The first kappa shape index (κ1) is 12.9. The maximum atomic E-state index is 13.9. The second-order valence-electron chi connectivity index (χ2n) is 3.92. The van der Waals surface area contributed by atoms with E-state index in [0.29, 0.717) is 0 Å². The Kier molecular flexibility index (Phi) is 3.55. The normalized spacial score (nSPS) is 13.6. The molecular weight excluding hydrogens is 235 g/mol. The molecule has 0 saturated heterocycles. The van der Waals surface area contributed by atoms with Crippen LogP contribution < -0.4 is 0 Å². The van der Waals surface area contributed by atoms with Gasteiger partial charge in [-0.25, -0.2) is 9.18 Å². The predicted molar refractivity (Wildman–Crippen MR) is 58.2 cm³/mol. The number of alkyl halides is 1. The van der Waals surface area contributed by atoms with Gasteiger partial charge in [0.1, 0.15) is 5.67 Å². The molecule has 0 radical (unpaired) electrons. The van der Waals surface area contributed by atoms with E-state index in [-0.39, 0.29) is 16.1 Å². The molecule has 0 amide bonds. The Balaban J connectivity index is 3.40. The van der Waals surface area contributed by atoms with Crippen LogP contribution in [0, 0.1) is 0 Å². The lowest BCUT2D eigenvalue weighted by Gasteiger charge is -2.21. The van der Waals surface area contributed by atoms with Crippen molar-refractivity contribution in [2.75, 3.05) is 0 Å². The summed E-state index contributed by atoms with van der Waals surface area (Å²) in [5.41, 5.74) is -1.83. The molecule has 1 aromatic carbocycles. The molecule has 16 heavy (non-hydrogen) atoms. The highest BCUT2D eigenvalue weighted by Gasteiger charge is 2.30. The summed E-state index contributed by atoms with van der Waals surface area (Å²) in [6, 6.07) is 4.27. The van der Waals surface area contributed by atoms with Crippen LogP contribution in [0.5, 0.6) is 0 Å². The number of hydrogen-bond donors (Lipinski definition) is 2. The third kappa shape index (κ3) is 2.51. The molecule has 2 N–H and O–H groups in total. The summed E-state index contributed by atoms with van der Waals surface area (Å²) in [5, 5.41) is 18.2. The third-order valence-electron chi connectivity index (χ3n) is 2.17. The Morgan fingerprint density at radius 1 is 1.50 bits per heavy atom. The molecule has 0 fully saturated rings. The molecule has 0 aliphatic carbocycles. The van der Waals surface area contributed by atoms with Gasteiger partial charge >= 0.3 is 5.97 Å². The van der Waals surface area contributed by atoms with Gasteiger partial charge in [-0.1, -0.05) is 23.7 Å². The van der Waals surface area contributed by atoms with Crippen molar-refractivity contribution in [3.63, 3.8) is 0 Å². The molecule has 1 atom stereocenters. The minimum Gasteiger partial charge on any atom is -0.479 e. The summed E-state index contributed by atoms with van der Waals surface area (Å²) in [4.78, 5) is 10.7. The van der Waals surface area contributed by atoms with Crippen molar-refractivity contribution in [1.29, 1.82) is 0 Å². The lowest BCUT2D eigenvalue weighted by Crippen LogP contribution is -2.19. The highest BCUT2D eigenvalue weighted by molar-refractivity contribution is 6.31. The summed E-state index contributed by atoms with van der Waals surface area (Å²) in [6.07, 6.45) is -1.77. The number of benzene rings is 1. The minimum absolute atomic E-state index is 0.00608. The van der Waals surface area contributed by atoms with Crippen molar-refractivity contribution >= 4 is 17.6 Å². The van der Waals surface area contributed by atoms with Gasteiger partial charge in [0, 0.05) is 10.6 Å². The Morgan fingerprint density at radius 2 is 2.06 bits per heavy atom. The van der Waals surface area contributed by atoms with E-state index >= 15 is 0 Å². The van der Waals surface area contributed by atoms with Crippen LogP contribution in [0.4, 0.5) is 4.39 Å². The standard InChI is InChI=1S/C11H12ClFO3/c1-11(2,13)8-6(9(14)10(15)16)4-3-5-7(8)12/h3-5,9,14H,1-2H3,(H,15,16). The highest BCUT2D eigenvalue weighted by Crippen LogP contribution is 2.36. The molecule has 0 saturated carbocycles. The molecular formula is C11H12ClFO3. The van der Waals surface area contributed by atoms with E-state index in [1.54, 1.807) is 0 Å². The van der Waals surface area contributed by atoms with Crippen molar-refractivity contribution in [2.24, 2.45) is 0 Å². The van der Waals surface area contributed by atoms with Crippen molar-refractivity contribution in [1.82, 2.24) is 0 Å². The Bertz CT molecular complexity index is 412. The van der Waals surface area contributed by atoms with Gasteiger partial charge < -0.3 is 10.2 Å². The smallest absolute Gasteiger partial charge is 0.337 e. The number of carbonyl (C=O) groups is 1. The van der Waals surface area contributed by atoms with Crippen molar-refractivity contribution in [2.45, 2.75) is 25.6 Å². The minimum atomic E-state index is -1.82. The van der Waals surface area contributed by atoms with Crippen LogP contribution in [0.25, 0.3) is 0 Å². The van der Waals surface area contributed by atoms with E-state index in [0.717, 1.165) is 0 Å². The predicted octanol–water partition coefficient (Wildman–Crippen LogP) is 2.66. The number of aliphatic hydroxyl groups excluding tert-OH is 1. The van der Waals surface area contributed by atoms with Gasteiger partial charge in [0.15, 0.2) is 6.10 Å². The Hall–Kier alpha value is -1.13. The van der Waals surface area contributed by atoms with Gasteiger partial charge in [0.2, 0.25) is 0 Å². The zero-order valence-electron chi connectivity index (χ0n) is 8.87. The molecule has 0 aromatic heterocycles. The average molecular weight is 247 g/mol. The number of carboxylic acids is 1. The van der Waals surface area contributed by atoms with Gasteiger partial charge in [-0.05, 0) is 25.5 Å². The SMILES string of the molecule is CC(C)(F)c1c(Cl)cccc1C(O)C(=O)O. The molecule has 1 unspecified atom stereocenters. The lowest BCUT2D eigenvalue weighted by atomic mass is 9.92. The molecule has 1 rings (SSSR count). The monoisotopic (exact) mass is 246 g/mol. The zero-order valence-corrected chi connectivity index (χ0v) is 9.62. The van der Waals surface area contributed by atoms with E-state index in [9.17, 15) is 14.3 Å². The van der Waals surface area contributed by atoms with Crippen molar-refractivity contribution in [3.05, 3.63) is 34.3 Å². The first-order valence-corrected chi connectivity index (χ1v) is 5.01. The summed E-state index contributed by atoms with van der Waals surface area (Å²) in [6.45, 7) is 2.51. The number of aliphatic hydroxyl groups is 1. The topological polar surface area (TPSA) is 57.5 Å². The lowest BCUT2D eigenvalue weighted by molar-refractivity contribution is -0.147. The second-order valence-corrected chi connectivity index (χ2v) is 4.32. The number of carboxylic acid groups (broad SMARTS) is 1. The second kappa shape index (κ2) is 4.39. The van der Waals surface area contributed by atoms with Crippen LogP contribution in [-0.2, 0) is 10.5 Å². The number of halogens is 2. The van der Waals surface area contributed by atoms with Crippen LogP contribution in [0.3, 0.4) is 0 Å². The zero-order chi connectivity index (χ0) is 12.5. The molecule has 0 aliphatic rings. The first-order chi connectivity index (χ1) is 7.25. The number of hydrogen-bond acceptors (Lipinski definition) is 2. The molecule has 0 spiro atoms. The average Bonchev–Trinajstić information content (AvgIpc) is 2.14. The Labute approximate surface area is 97.5 Å². The fourth-order valence-corrected chi connectivity index (χ4v) is 1.94. The third-order valence-corrected chi connectivity index (χ3v) is 2.48. The first-order valence-electron chi connectivity index (χ1n) is 4.64. The maximum absolute atomic E-state index is 13.9. The quantitative estimate of drug-likeness (QED) is 0.862. The summed E-state index contributed by atoms with van der Waals surface area (Å²) >= 11 is 5.82. The van der Waals surface area contributed by atoms with E-state index in [1.165, 1.54) is 32.0 Å². The Morgan fingerprint density at radius 3 is 2.50 bits per heavy atom. The van der Waals surface area contributed by atoms with Gasteiger partial charge in [0.25, 0.3) is 0 Å². The molecule has 0 bridgehead atoms. The van der Waals surface area contributed by atoms with E-state index in [1.807, 2.05) is 0 Å². The number of aliphatic carboxylic acids is 1. The molecule has 0 aliphatic heterocycles. The fraction of sp³-hybridized carbons (Fsp3) is 0.364. The maximum Gasteiger partial charge on any atom is 0.337 e. The molecule has 3 nitrogen and oxygen atoms in total. The fourth-order valence-electron chi connectivity index (χ4n) is 1.53. The van der Waals surface area contributed by atoms with Crippen LogP contribution >= 0.6 is 11.6 Å². The summed E-state index contributed by atoms with van der Waals surface area (Å²) < 4.78 is 13.9. The van der Waals surface area contributed by atoms with Crippen LogP contribution in [-0.4, -0.2) is 16.2 Å². The van der Waals surface area contributed by atoms with Gasteiger partial charge in [-0.2, -0.15) is 0 Å². The van der Waals surface area contributed by atoms with Gasteiger partial charge in [-0.15, -0.1) is 0 Å². The van der Waals surface area contributed by atoms with Gasteiger partial charge in [-0.3, -0.25) is 0 Å². The number of rotatable bonds is 3. The van der Waals surface area contributed by atoms with E-state index in [2.05, 4.69) is 0 Å². The van der Waals surface area contributed by atoms with E-state index in [4.69, 9.17) is 16.7 Å². The van der Waals surface area contributed by atoms with Crippen LogP contribution in [0.2, 0.25) is 5.02 Å². The highest BCUT2D eigenvalue weighted by atomic mass is 35.5. The molecule has 1 aromatic rings. The van der Waals surface area contributed by atoms with Crippen molar-refractivity contribution < 1.29 is 19.4 Å². The van der Waals surface area contributed by atoms with Crippen LogP contribution in [0.15, 0.2) is 18.2 Å². The largest absolute Gasteiger partial charge is 0.479 e. The van der Waals surface area contributed by atoms with E-state index < -0.39 is 17.7 Å². The van der Waals surface area contributed by atoms with Gasteiger partial charge in [0.05, 0.1) is 0 Å². The summed E-state index contributed by atoms with van der Waals surface area (Å²) in [5.74, 6) is -1.44. The molecule has 0 heterocycles. The molecule has 88 valence electrons. The van der Waals surface area contributed by atoms with Crippen molar-refractivity contribution in [3.8, 4) is 0 Å². The summed E-state index contributed by atoms with van der Waals surface area (Å²) in [7, 11) is 0. The molecule has 5 heteroatoms.